The summed E-state index contributed by atoms with van der Waals surface area (Å²) in [5.74, 6) is 1.21. The van der Waals surface area contributed by atoms with E-state index in [4.69, 9.17) is 4.98 Å². The summed E-state index contributed by atoms with van der Waals surface area (Å²) in [5, 5.41) is 0. The Morgan fingerprint density at radius 1 is 1.10 bits per heavy atom. The van der Waals surface area contributed by atoms with Gasteiger partial charge in [-0.15, -0.1) is 0 Å². The lowest BCUT2D eigenvalue weighted by Crippen LogP contribution is -2.55. The first-order valence-electron chi connectivity index (χ1n) is 11.6. The van der Waals surface area contributed by atoms with Crippen LogP contribution in [0.1, 0.15) is 74.8 Å². The lowest BCUT2D eigenvalue weighted by atomic mass is 9.71. The molecule has 156 valence electrons. The molecule has 0 amide bonds. The minimum atomic E-state index is 0.251. The number of rotatable bonds is 4. The van der Waals surface area contributed by atoms with Gasteiger partial charge in [-0.2, -0.15) is 0 Å². The molecule has 5 rings (SSSR count). The number of aromatic nitrogens is 2. The van der Waals surface area contributed by atoms with E-state index in [2.05, 4.69) is 65.5 Å². The van der Waals surface area contributed by atoms with Crippen molar-refractivity contribution in [3.63, 3.8) is 0 Å². The zero-order valence-corrected chi connectivity index (χ0v) is 18.4. The first kappa shape index (κ1) is 19.3. The van der Waals surface area contributed by atoms with Crippen molar-refractivity contribution in [1.82, 2.24) is 19.4 Å². The van der Waals surface area contributed by atoms with Crippen molar-refractivity contribution in [2.45, 2.75) is 83.5 Å². The van der Waals surface area contributed by atoms with E-state index >= 15 is 0 Å². The van der Waals surface area contributed by atoms with Crippen molar-refractivity contribution in [1.29, 1.82) is 0 Å². The van der Waals surface area contributed by atoms with Gasteiger partial charge in [-0.3, -0.25) is 9.80 Å². The third-order valence-electron chi connectivity index (χ3n) is 7.72. The van der Waals surface area contributed by atoms with Crippen LogP contribution in [0.5, 0.6) is 0 Å². The molecule has 0 bridgehead atoms. The van der Waals surface area contributed by atoms with Crippen molar-refractivity contribution in [3.05, 3.63) is 53.1 Å². The summed E-state index contributed by atoms with van der Waals surface area (Å²) in [5.41, 5.74) is 4.65. The molecule has 4 nitrogen and oxygen atoms in total. The Morgan fingerprint density at radius 2 is 1.83 bits per heavy atom. The quantitative estimate of drug-likeness (QED) is 0.755. The van der Waals surface area contributed by atoms with Crippen molar-refractivity contribution < 1.29 is 0 Å². The van der Waals surface area contributed by atoms with E-state index in [9.17, 15) is 0 Å². The standard InChI is InChI=1S/C25H36N4/c1-19(2)29-20(3)26-24-23(29)17-28(22-10-7-11-22)18-25(24)12-14-27(15-13-25)16-21-8-5-4-6-9-21/h4-6,8-9,19,22H,7,10-18H2,1-3H3. The van der Waals surface area contributed by atoms with E-state index in [-0.39, 0.29) is 5.41 Å². The van der Waals surface area contributed by atoms with Crippen LogP contribution >= 0.6 is 0 Å². The van der Waals surface area contributed by atoms with E-state index in [0.29, 0.717) is 6.04 Å². The monoisotopic (exact) mass is 392 g/mol. The first-order chi connectivity index (χ1) is 14.1. The molecule has 1 aromatic carbocycles. The van der Waals surface area contributed by atoms with Crippen LogP contribution in [0.4, 0.5) is 0 Å². The van der Waals surface area contributed by atoms with Crippen molar-refractivity contribution >= 4 is 0 Å². The smallest absolute Gasteiger partial charge is 0.106 e. The number of imidazole rings is 1. The van der Waals surface area contributed by atoms with Crippen LogP contribution in [0.15, 0.2) is 30.3 Å². The topological polar surface area (TPSA) is 24.3 Å². The molecule has 2 fully saturated rings. The highest BCUT2D eigenvalue weighted by Crippen LogP contribution is 2.44. The summed E-state index contributed by atoms with van der Waals surface area (Å²) < 4.78 is 2.53. The van der Waals surface area contributed by atoms with Gasteiger partial charge < -0.3 is 4.57 Å². The maximum Gasteiger partial charge on any atom is 0.106 e. The molecule has 4 heteroatoms. The summed E-state index contributed by atoms with van der Waals surface area (Å²) >= 11 is 0. The molecule has 1 aliphatic carbocycles. The average Bonchev–Trinajstić information content (AvgIpc) is 3.00. The molecule has 2 aromatic rings. The van der Waals surface area contributed by atoms with Gasteiger partial charge in [0.1, 0.15) is 5.82 Å². The Balaban J connectivity index is 1.41. The van der Waals surface area contributed by atoms with Gasteiger partial charge >= 0.3 is 0 Å². The Kier molecular flexibility index (Phi) is 5.03. The fraction of sp³-hybridized carbons (Fsp3) is 0.640. The molecule has 3 aliphatic rings. The molecular formula is C25H36N4. The van der Waals surface area contributed by atoms with Gasteiger partial charge in [-0.25, -0.2) is 4.98 Å². The second-order valence-electron chi connectivity index (χ2n) is 9.95. The maximum atomic E-state index is 5.21. The highest BCUT2D eigenvalue weighted by Gasteiger charge is 2.47. The minimum Gasteiger partial charge on any atom is -0.328 e. The minimum absolute atomic E-state index is 0.251. The number of aryl methyl sites for hydroxylation is 1. The number of piperidine rings is 1. The van der Waals surface area contributed by atoms with Crippen LogP contribution in [0, 0.1) is 6.92 Å². The van der Waals surface area contributed by atoms with Crippen molar-refractivity contribution in [2.75, 3.05) is 19.6 Å². The van der Waals surface area contributed by atoms with Crippen LogP contribution in [-0.2, 0) is 18.5 Å². The summed E-state index contributed by atoms with van der Waals surface area (Å²) in [6.07, 6.45) is 6.67. The van der Waals surface area contributed by atoms with E-state index in [1.807, 2.05) is 0 Å². The second kappa shape index (κ2) is 7.55. The van der Waals surface area contributed by atoms with Gasteiger partial charge in [0, 0.05) is 37.1 Å². The number of likely N-dealkylation sites (tertiary alicyclic amines) is 1. The highest BCUT2D eigenvalue weighted by molar-refractivity contribution is 5.32. The van der Waals surface area contributed by atoms with Crippen LogP contribution in [0.25, 0.3) is 0 Å². The number of hydrogen-bond acceptors (Lipinski definition) is 3. The number of nitrogens with zero attached hydrogens (tertiary/aromatic N) is 4. The first-order valence-corrected chi connectivity index (χ1v) is 11.6. The molecule has 0 atom stereocenters. The highest BCUT2D eigenvalue weighted by atomic mass is 15.2. The lowest BCUT2D eigenvalue weighted by Gasteiger charge is -2.50. The van der Waals surface area contributed by atoms with Crippen LogP contribution in [0.2, 0.25) is 0 Å². The fourth-order valence-electron chi connectivity index (χ4n) is 5.95. The normalized spacial score (nSPS) is 22.8. The molecular weight excluding hydrogens is 356 g/mol. The van der Waals surface area contributed by atoms with Gasteiger partial charge in [-0.1, -0.05) is 36.8 Å². The molecule has 1 saturated carbocycles. The molecule has 0 radical (unpaired) electrons. The zero-order chi connectivity index (χ0) is 20.0. The lowest BCUT2D eigenvalue weighted by molar-refractivity contribution is 0.0399. The van der Waals surface area contributed by atoms with Crippen LogP contribution in [-0.4, -0.2) is 45.0 Å². The van der Waals surface area contributed by atoms with E-state index in [0.717, 1.165) is 19.1 Å². The van der Waals surface area contributed by atoms with Gasteiger partial charge in [0.25, 0.3) is 0 Å². The molecule has 1 aromatic heterocycles. The third kappa shape index (κ3) is 3.44. The third-order valence-corrected chi connectivity index (χ3v) is 7.72. The Morgan fingerprint density at radius 3 is 2.45 bits per heavy atom. The maximum absolute atomic E-state index is 5.21. The van der Waals surface area contributed by atoms with E-state index < -0.39 is 0 Å². The van der Waals surface area contributed by atoms with Gasteiger partial charge in [0.2, 0.25) is 0 Å². The summed E-state index contributed by atoms with van der Waals surface area (Å²) in [4.78, 5) is 10.7. The van der Waals surface area contributed by atoms with Crippen molar-refractivity contribution in [3.8, 4) is 0 Å². The second-order valence-corrected chi connectivity index (χ2v) is 9.95. The van der Waals surface area contributed by atoms with Gasteiger partial charge in [0.15, 0.2) is 0 Å². The largest absolute Gasteiger partial charge is 0.328 e. The molecule has 0 unspecified atom stereocenters. The predicted octanol–water partition coefficient (Wildman–Crippen LogP) is 4.67. The molecule has 2 aliphatic heterocycles. The summed E-state index contributed by atoms with van der Waals surface area (Å²) in [6, 6.07) is 12.2. The van der Waals surface area contributed by atoms with Crippen LogP contribution in [0.3, 0.4) is 0 Å². The molecule has 3 heterocycles. The van der Waals surface area contributed by atoms with Crippen LogP contribution < -0.4 is 0 Å². The fourth-order valence-corrected chi connectivity index (χ4v) is 5.95. The Bertz CT molecular complexity index is 841. The number of hydrogen-bond donors (Lipinski definition) is 0. The average molecular weight is 393 g/mol. The van der Waals surface area contributed by atoms with E-state index in [1.54, 1.807) is 0 Å². The summed E-state index contributed by atoms with van der Waals surface area (Å²) in [7, 11) is 0. The molecule has 1 spiro atoms. The number of fused-ring (bicyclic) bond motifs is 2. The SMILES string of the molecule is Cc1nc2c(n1C(C)C)CN(C1CCC1)CC21CCN(Cc2ccccc2)CC1. The van der Waals surface area contributed by atoms with E-state index in [1.165, 1.54) is 74.5 Å². The molecule has 1 saturated heterocycles. The molecule has 0 N–H and O–H groups in total. The Hall–Kier alpha value is -1.65. The number of benzene rings is 1. The summed E-state index contributed by atoms with van der Waals surface area (Å²) in [6.45, 7) is 12.6. The van der Waals surface area contributed by atoms with Gasteiger partial charge in [0.05, 0.1) is 11.4 Å². The Labute approximate surface area is 175 Å². The van der Waals surface area contributed by atoms with Crippen molar-refractivity contribution in [2.24, 2.45) is 0 Å². The zero-order valence-electron chi connectivity index (χ0n) is 18.4. The molecule has 29 heavy (non-hydrogen) atoms. The predicted molar refractivity (Wildman–Crippen MR) is 118 cm³/mol. The van der Waals surface area contributed by atoms with Gasteiger partial charge in [-0.05, 0) is 65.1 Å².